The highest BCUT2D eigenvalue weighted by Gasteiger charge is 2.26. The fourth-order valence-electron chi connectivity index (χ4n) is 2.98. The van der Waals surface area contributed by atoms with Crippen molar-refractivity contribution >= 4 is 5.65 Å². The van der Waals surface area contributed by atoms with E-state index >= 15 is 0 Å². The van der Waals surface area contributed by atoms with Crippen LogP contribution in [0.2, 0.25) is 0 Å². The van der Waals surface area contributed by atoms with Crippen molar-refractivity contribution in [2.45, 2.75) is 45.6 Å². The molecule has 0 saturated carbocycles. The quantitative estimate of drug-likeness (QED) is 0.830. The number of hydrogen-bond donors (Lipinski definition) is 0. The number of aryl methyl sites for hydroxylation is 1. The zero-order chi connectivity index (χ0) is 13.4. The van der Waals surface area contributed by atoms with E-state index in [1.807, 2.05) is 0 Å². The molecule has 1 aliphatic heterocycles. The molecule has 0 aromatic carbocycles. The first kappa shape index (κ1) is 12.6. The van der Waals surface area contributed by atoms with Gasteiger partial charge in [0, 0.05) is 24.7 Å². The number of hydrogen-bond acceptors (Lipinski definition) is 3. The lowest BCUT2D eigenvalue weighted by Crippen LogP contribution is -2.39. The predicted octanol–water partition coefficient (Wildman–Crippen LogP) is 2.63. The topological polar surface area (TPSA) is 33.4 Å². The van der Waals surface area contributed by atoms with E-state index in [1.165, 1.54) is 24.9 Å². The van der Waals surface area contributed by atoms with Gasteiger partial charge in [-0.25, -0.2) is 0 Å². The van der Waals surface area contributed by atoms with Crippen molar-refractivity contribution in [1.29, 1.82) is 0 Å². The number of nitrogens with zero attached hydrogens (tertiary/aromatic N) is 4. The van der Waals surface area contributed by atoms with Gasteiger partial charge in [-0.3, -0.25) is 4.40 Å². The van der Waals surface area contributed by atoms with E-state index in [0.717, 1.165) is 18.0 Å². The van der Waals surface area contributed by atoms with Crippen molar-refractivity contribution in [1.82, 2.24) is 19.5 Å². The summed E-state index contributed by atoms with van der Waals surface area (Å²) in [6.45, 7) is 8.98. The summed E-state index contributed by atoms with van der Waals surface area (Å²) in [5.74, 6) is 1.64. The van der Waals surface area contributed by atoms with E-state index in [4.69, 9.17) is 0 Å². The van der Waals surface area contributed by atoms with Gasteiger partial charge in [-0.1, -0.05) is 6.07 Å². The van der Waals surface area contributed by atoms with Gasteiger partial charge < -0.3 is 4.90 Å². The molecule has 0 bridgehead atoms. The van der Waals surface area contributed by atoms with Gasteiger partial charge in [0.1, 0.15) is 5.82 Å². The van der Waals surface area contributed by atoms with Gasteiger partial charge in [-0.15, -0.1) is 10.2 Å². The van der Waals surface area contributed by atoms with Gasteiger partial charge in [-0.2, -0.15) is 0 Å². The third-order valence-electron chi connectivity index (χ3n) is 4.12. The molecule has 1 saturated heterocycles. The minimum atomic E-state index is 0.507. The van der Waals surface area contributed by atoms with Crippen LogP contribution in [0.3, 0.4) is 0 Å². The lowest BCUT2D eigenvalue weighted by molar-refractivity contribution is 0.164. The zero-order valence-corrected chi connectivity index (χ0v) is 12.0. The Morgan fingerprint density at radius 3 is 2.89 bits per heavy atom. The van der Waals surface area contributed by atoms with Crippen LogP contribution in [0.1, 0.15) is 44.0 Å². The fraction of sp³-hybridized carbons (Fsp3) is 0.600. The van der Waals surface area contributed by atoms with Gasteiger partial charge in [0.2, 0.25) is 0 Å². The van der Waals surface area contributed by atoms with Crippen LogP contribution < -0.4 is 0 Å². The molecule has 3 rings (SSSR count). The molecule has 102 valence electrons. The van der Waals surface area contributed by atoms with E-state index < -0.39 is 0 Å². The smallest absolute Gasteiger partial charge is 0.160 e. The number of fused-ring (bicyclic) bond motifs is 1. The molecule has 0 aliphatic carbocycles. The van der Waals surface area contributed by atoms with Crippen LogP contribution in [0.4, 0.5) is 0 Å². The van der Waals surface area contributed by atoms with Crippen LogP contribution in [0.25, 0.3) is 5.65 Å². The fourth-order valence-corrected chi connectivity index (χ4v) is 2.98. The third kappa shape index (κ3) is 2.37. The largest absolute Gasteiger partial charge is 0.300 e. The Morgan fingerprint density at radius 2 is 2.11 bits per heavy atom. The van der Waals surface area contributed by atoms with Crippen molar-refractivity contribution in [3.8, 4) is 0 Å². The second kappa shape index (κ2) is 4.93. The van der Waals surface area contributed by atoms with Crippen LogP contribution in [0, 0.1) is 6.92 Å². The predicted molar refractivity (Wildman–Crippen MR) is 76.4 cm³/mol. The maximum Gasteiger partial charge on any atom is 0.160 e. The van der Waals surface area contributed by atoms with E-state index in [0.29, 0.717) is 12.0 Å². The van der Waals surface area contributed by atoms with Crippen molar-refractivity contribution in [3.05, 3.63) is 29.7 Å². The van der Waals surface area contributed by atoms with Crippen LogP contribution in [-0.2, 0) is 0 Å². The molecule has 2 aromatic rings. The van der Waals surface area contributed by atoms with E-state index in [2.05, 4.69) is 58.6 Å². The summed E-state index contributed by atoms with van der Waals surface area (Å²) < 4.78 is 2.17. The average Bonchev–Trinajstić information content (AvgIpc) is 2.81. The molecule has 1 aliphatic rings. The molecule has 0 amide bonds. The highest BCUT2D eigenvalue weighted by atomic mass is 15.3. The lowest BCUT2D eigenvalue weighted by atomic mass is 9.96. The standard InChI is InChI=1S/C15H22N4/c1-11(2)18-8-4-5-13(10-18)15-17-16-14-7-6-12(3)9-19(14)15/h6-7,9,11,13H,4-5,8,10H2,1-3H3. The first-order chi connectivity index (χ1) is 9.15. The SMILES string of the molecule is Cc1ccc2nnc(C3CCCN(C(C)C)C3)n2c1. The van der Waals surface area contributed by atoms with E-state index in [9.17, 15) is 0 Å². The van der Waals surface area contributed by atoms with Gasteiger partial charge in [0.15, 0.2) is 5.65 Å². The Hall–Kier alpha value is -1.42. The maximum atomic E-state index is 4.44. The molecule has 0 N–H and O–H groups in total. The summed E-state index contributed by atoms with van der Waals surface area (Å²) in [5.41, 5.74) is 2.22. The minimum Gasteiger partial charge on any atom is -0.300 e. The summed E-state index contributed by atoms with van der Waals surface area (Å²) in [4.78, 5) is 2.55. The van der Waals surface area contributed by atoms with Gasteiger partial charge in [0.25, 0.3) is 0 Å². The number of aromatic nitrogens is 3. The van der Waals surface area contributed by atoms with Crippen molar-refractivity contribution in [2.75, 3.05) is 13.1 Å². The monoisotopic (exact) mass is 258 g/mol. The highest BCUT2D eigenvalue weighted by molar-refractivity contribution is 5.39. The van der Waals surface area contributed by atoms with Gasteiger partial charge in [0.05, 0.1) is 0 Å². The molecular formula is C15H22N4. The Labute approximate surface area is 114 Å². The molecule has 4 heteroatoms. The summed E-state index contributed by atoms with van der Waals surface area (Å²) in [6.07, 6.45) is 4.63. The second-order valence-corrected chi connectivity index (χ2v) is 5.92. The number of rotatable bonds is 2. The van der Waals surface area contributed by atoms with Crippen LogP contribution >= 0.6 is 0 Å². The molecule has 0 spiro atoms. The van der Waals surface area contributed by atoms with E-state index in [-0.39, 0.29) is 0 Å². The van der Waals surface area contributed by atoms with Crippen molar-refractivity contribution < 1.29 is 0 Å². The molecule has 1 unspecified atom stereocenters. The Bertz CT molecular complexity index is 573. The summed E-state index contributed by atoms with van der Waals surface area (Å²) in [7, 11) is 0. The molecule has 4 nitrogen and oxygen atoms in total. The third-order valence-corrected chi connectivity index (χ3v) is 4.12. The Kier molecular flexibility index (Phi) is 3.27. The number of piperidine rings is 1. The molecule has 2 aromatic heterocycles. The number of likely N-dealkylation sites (tertiary alicyclic amines) is 1. The van der Waals surface area contributed by atoms with E-state index in [1.54, 1.807) is 0 Å². The number of pyridine rings is 1. The Balaban J connectivity index is 1.93. The van der Waals surface area contributed by atoms with Crippen molar-refractivity contribution in [3.63, 3.8) is 0 Å². The minimum absolute atomic E-state index is 0.507. The maximum absolute atomic E-state index is 4.44. The molecular weight excluding hydrogens is 236 g/mol. The summed E-state index contributed by atoms with van der Waals surface area (Å²) >= 11 is 0. The van der Waals surface area contributed by atoms with Crippen LogP contribution in [0.15, 0.2) is 18.3 Å². The van der Waals surface area contributed by atoms with Gasteiger partial charge in [-0.05, 0) is 51.8 Å². The van der Waals surface area contributed by atoms with Crippen molar-refractivity contribution in [2.24, 2.45) is 0 Å². The molecule has 0 radical (unpaired) electrons. The highest BCUT2D eigenvalue weighted by Crippen LogP contribution is 2.27. The molecule has 19 heavy (non-hydrogen) atoms. The first-order valence-electron chi connectivity index (χ1n) is 7.20. The lowest BCUT2D eigenvalue weighted by Gasteiger charge is -2.34. The first-order valence-corrected chi connectivity index (χ1v) is 7.20. The van der Waals surface area contributed by atoms with Crippen LogP contribution in [-0.4, -0.2) is 38.6 Å². The second-order valence-electron chi connectivity index (χ2n) is 5.92. The van der Waals surface area contributed by atoms with Crippen LogP contribution in [0.5, 0.6) is 0 Å². The normalized spacial score (nSPS) is 21.4. The Morgan fingerprint density at radius 1 is 1.26 bits per heavy atom. The zero-order valence-electron chi connectivity index (χ0n) is 12.0. The average molecular weight is 258 g/mol. The molecule has 1 fully saturated rings. The molecule has 3 heterocycles. The molecule has 1 atom stereocenters. The van der Waals surface area contributed by atoms with Gasteiger partial charge >= 0.3 is 0 Å². The summed E-state index contributed by atoms with van der Waals surface area (Å²) in [5, 5.41) is 8.74. The summed E-state index contributed by atoms with van der Waals surface area (Å²) in [6, 6.07) is 4.76.